The lowest BCUT2D eigenvalue weighted by Crippen LogP contribution is -2.41. The first-order valence-corrected chi connectivity index (χ1v) is 10.3. The highest BCUT2D eigenvalue weighted by Crippen LogP contribution is 2.22. The minimum atomic E-state index is -3.84. The van der Waals surface area contributed by atoms with Gasteiger partial charge in [0.15, 0.2) is 0 Å². The largest absolute Gasteiger partial charge is 0.494 e. The number of carbonyl (C=O) groups excluding carboxylic acids is 1. The van der Waals surface area contributed by atoms with E-state index in [0.717, 1.165) is 11.1 Å². The minimum absolute atomic E-state index is 0.0924. The number of nitrogens with one attached hydrogen (secondary N) is 2. The van der Waals surface area contributed by atoms with E-state index in [2.05, 4.69) is 10.0 Å². The normalized spacial score (nSPS) is 12.5. The summed E-state index contributed by atoms with van der Waals surface area (Å²) in [5.74, 6) is 0.215. The van der Waals surface area contributed by atoms with Crippen LogP contribution in [-0.4, -0.2) is 27.0 Å². The molecule has 1 amide bonds. The monoisotopic (exact) mass is 390 g/mol. The highest BCUT2D eigenvalue weighted by Gasteiger charge is 2.23. The van der Waals surface area contributed by atoms with Crippen LogP contribution >= 0.6 is 0 Å². The Labute approximate surface area is 161 Å². The van der Waals surface area contributed by atoms with E-state index in [1.165, 1.54) is 19.1 Å². The maximum atomic E-state index is 12.6. The van der Waals surface area contributed by atoms with Gasteiger partial charge in [0.25, 0.3) is 0 Å². The quantitative estimate of drug-likeness (QED) is 0.760. The fourth-order valence-corrected chi connectivity index (χ4v) is 3.88. The van der Waals surface area contributed by atoms with E-state index in [4.69, 9.17) is 4.74 Å². The van der Waals surface area contributed by atoms with Crippen molar-refractivity contribution < 1.29 is 17.9 Å². The Morgan fingerprint density at radius 2 is 1.81 bits per heavy atom. The molecule has 0 radical (unpaired) electrons. The highest BCUT2D eigenvalue weighted by atomic mass is 32.2. The lowest BCUT2D eigenvalue weighted by atomic mass is 10.1. The molecule has 2 rings (SSSR count). The van der Waals surface area contributed by atoms with Crippen molar-refractivity contribution in [3.63, 3.8) is 0 Å². The number of anilines is 1. The van der Waals surface area contributed by atoms with Gasteiger partial charge in [-0.05, 0) is 75.6 Å². The number of rotatable bonds is 7. The lowest BCUT2D eigenvalue weighted by molar-refractivity contribution is -0.117. The van der Waals surface area contributed by atoms with E-state index in [1.54, 1.807) is 19.1 Å². The second kappa shape index (κ2) is 8.54. The number of amides is 1. The summed E-state index contributed by atoms with van der Waals surface area (Å²) in [5, 5.41) is 2.78. The Kier molecular flexibility index (Phi) is 6.62. The van der Waals surface area contributed by atoms with E-state index >= 15 is 0 Å². The average Bonchev–Trinajstić information content (AvgIpc) is 2.60. The summed E-state index contributed by atoms with van der Waals surface area (Å²) in [7, 11) is -3.84. The van der Waals surface area contributed by atoms with Crippen LogP contribution in [0.3, 0.4) is 0 Å². The molecule has 0 bridgehead atoms. The molecule has 2 aromatic carbocycles. The van der Waals surface area contributed by atoms with Crippen LogP contribution in [0.4, 0.5) is 5.69 Å². The number of hydrogen-bond donors (Lipinski definition) is 2. The van der Waals surface area contributed by atoms with Crippen molar-refractivity contribution in [1.29, 1.82) is 0 Å². The molecule has 0 aliphatic rings. The summed E-state index contributed by atoms with van der Waals surface area (Å²) in [5.41, 5.74) is 3.38. The van der Waals surface area contributed by atoms with Crippen molar-refractivity contribution in [2.75, 3.05) is 11.9 Å². The van der Waals surface area contributed by atoms with Gasteiger partial charge in [0.2, 0.25) is 15.9 Å². The Bertz CT molecular complexity index is 939. The standard InChI is InChI=1S/C20H26N2O4S/c1-6-26-19-11-10-17(12-14(19)3)27(24,25)22-16(5)20(23)21-18-9-7-8-13(2)15(18)4/h7-12,16,22H,6H2,1-5H3,(H,21,23)/t16-/m1/s1. The van der Waals surface area contributed by atoms with Crippen molar-refractivity contribution >= 4 is 21.6 Å². The van der Waals surface area contributed by atoms with Crippen LogP contribution in [0.1, 0.15) is 30.5 Å². The second-order valence-corrected chi connectivity index (χ2v) is 8.15. The molecule has 0 aliphatic heterocycles. The number of hydrogen-bond acceptors (Lipinski definition) is 4. The molecule has 146 valence electrons. The molecule has 0 heterocycles. The van der Waals surface area contributed by atoms with Crippen LogP contribution in [0.2, 0.25) is 0 Å². The predicted molar refractivity (Wildman–Crippen MR) is 107 cm³/mol. The van der Waals surface area contributed by atoms with E-state index < -0.39 is 22.0 Å². The Morgan fingerprint density at radius 1 is 1.11 bits per heavy atom. The second-order valence-electron chi connectivity index (χ2n) is 6.44. The van der Waals surface area contributed by atoms with Gasteiger partial charge in [-0.2, -0.15) is 4.72 Å². The molecule has 0 saturated heterocycles. The molecule has 7 heteroatoms. The highest BCUT2D eigenvalue weighted by molar-refractivity contribution is 7.89. The summed E-state index contributed by atoms with van der Waals surface area (Å²) >= 11 is 0. The first-order chi connectivity index (χ1) is 12.7. The Morgan fingerprint density at radius 3 is 2.44 bits per heavy atom. The van der Waals surface area contributed by atoms with Crippen LogP contribution in [0.15, 0.2) is 41.3 Å². The molecule has 0 saturated carbocycles. The number of carbonyl (C=O) groups is 1. The van der Waals surface area contributed by atoms with Crippen LogP contribution < -0.4 is 14.8 Å². The summed E-state index contributed by atoms with van der Waals surface area (Å²) in [4.78, 5) is 12.5. The van der Waals surface area contributed by atoms with Gasteiger partial charge in [-0.15, -0.1) is 0 Å². The summed E-state index contributed by atoms with van der Waals surface area (Å²) in [6.45, 7) is 9.51. The summed E-state index contributed by atoms with van der Waals surface area (Å²) in [6, 6.07) is 9.27. The van der Waals surface area contributed by atoms with Gasteiger partial charge in [-0.3, -0.25) is 4.79 Å². The van der Waals surface area contributed by atoms with Gasteiger partial charge in [0, 0.05) is 5.69 Å². The number of aryl methyl sites for hydroxylation is 2. The third-order valence-corrected chi connectivity index (χ3v) is 5.88. The first-order valence-electron chi connectivity index (χ1n) is 8.78. The van der Waals surface area contributed by atoms with Crippen molar-refractivity contribution in [3.8, 4) is 5.75 Å². The minimum Gasteiger partial charge on any atom is -0.494 e. The lowest BCUT2D eigenvalue weighted by Gasteiger charge is -2.17. The van der Waals surface area contributed by atoms with Crippen molar-refractivity contribution in [2.24, 2.45) is 0 Å². The average molecular weight is 391 g/mol. The van der Waals surface area contributed by atoms with Gasteiger partial charge in [0.05, 0.1) is 17.5 Å². The maximum Gasteiger partial charge on any atom is 0.242 e. The fraction of sp³-hybridized carbons (Fsp3) is 0.350. The zero-order valence-corrected chi connectivity index (χ0v) is 17.1. The summed E-state index contributed by atoms with van der Waals surface area (Å²) < 4.78 is 33.1. The first kappa shape index (κ1) is 20.9. The molecular weight excluding hydrogens is 364 g/mol. The molecular formula is C20H26N2O4S. The summed E-state index contributed by atoms with van der Waals surface area (Å²) in [6.07, 6.45) is 0. The molecule has 6 nitrogen and oxygen atoms in total. The zero-order valence-electron chi connectivity index (χ0n) is 16.3. The Hall–Kier alpha value is -2.38. The maximum absolute atomic E-state index is 12.6. The van der Waals surface area contributed by atoms with Gasteiger partial charge < -0.3 is 10.1 Å². The molecule has 1 atom stereocenters. The van der Waals surface area contributed by atoms with E-state index in [1.807, 2.05) is 32.9 Å². The van der Waals surface area contributed by atoms with E-state index in [-0.39, 0.29) is 4.90 Å². The Balaban J connectivity index is 2.13. The van der Waals surface area contributed by atoms with Gasteiger partial charge in [-0.25, -0.2) is 8.42 Å². The number of sulfonamides is 1. The van der Waals surface area contributed by atoms with Crippen LogP contribution in [0.25, 0.3) is 0 Å². The van der Waals surface area contributed by atoms with E-state index in [0.29, 0.717) is 23.6 Å². The topological polar surface area (TPSA) is 84.5 Å². The molecule has 0 aliphatic carbocycles. The van der Waals surface area contributed by atoms with Gasteiger partial charge >= 0.3 is 0 Å². The fourth-order valence-electron chi connectivity index (χ4n) is 2.59. The molecule has 0 unspecified atom stereocenters. The molecule has 0 fully saturated rings. The molecule has 0 aromatic heterocycles. The van der Waals surface area contributed by atoms with Crippen LogP contribution in [-0.2, 0) is 14.8 Å². The van der Waals surface area contributed by atoms with Crippen molar-refractivity contribution in [1.82, 2.24) is 4.72 Å². The smallest absolute Gasteiger partial charge is 0.242 e. The van der Waals surface area contributed by atoms with Gasteiger partial charge in [0.1, 0.15) is 5.75 Å². The SMILES string of the molecule is CCOc1ccc(S(=O)(=O)N[C@H](C)C(=O)Nc2cccc(C)c2C)cc1C. The van der Waals surface area contributed by atoms with Crippen LogP contribution in [0.5, 0.6) is 5.75 Å². The molecule has 2 aromatic rings. The number of benzene rings is 2. The predicted octanol–water partition coefficient (Wildman–Crippen LogP) is 3.32. The number of ether oxygens (including phenoxy) is 1. The van der Waals surface area contributed by atoms with Crippen molar-refractivity contribution in [3.05, 3.63) is 53.1 Å². The van der Waals surface area contributed by atoms with Gasteiger partial charge in [-0.1, -0.05) is 12.1 Å². The molecule has 0 spiro atoms. The van der Waals surface area contributed by atoms with Crippen molar-refractivity contribution in [2.45, 2.75) is 45.6 Å². The van der Waals surface area contributed by atoms with Crippen LogP contribution in [0, 0.1) is 20.8 Å². The van der Waals surface area contributed by atoms with E-state index in [9.17, 15) is 13.2 Å². The third-order valence-electron chi connectivity index (χ3n) is 4.34. The third kappa shape index (κ3) is 5.08. The molecule has 2 N–H and O–H groups in total. The molecule has 27 heavy (non-hydrogen) atoms. The zero-order chi connectivity index (χ0) is 20.2.